The van der Waals surface area contributed by atoms with Crippen molar-refractivity contribution in [3.63, 3.8) is 0 Å². The fourth-order valence-electron chi connectivity index (χ4n) is 3.53. The number of hydrogen-bond donors (Lipinski definition) is 1. The lowest BCUT2D eigenvalue weighted by Gasteiger charge is -2.26. The number of aryl methyl sites for hydroxylation is 1. The first-order chi connectivity index (χ1) is 12.3. The van der Waals surface area contributed by atoms with Gasteiger partial charge in [-0.05, 0) is 56.2 Å². The molecule has 0 saturated carbocycles. The van der Waals surface area contributed by atoms with E-state index in [1.54, 1.807) is 0 Å². The summed E-state index contributed by atoms with van der Waals surface area (Å²) in [5.74, 6) is -0.0420. The molecule has 4 nitrogen and oxygen atoms in total. The number of aromatic nitrogens is 1. The Morgan fingerprint density at radius 1 is 1.04 bits per heavy atom. The summed E-state index contributed by atoms with van der Waals surface area (Å²) >= 11 is 0. The van der Waals surface area contributed by atoms with Crippen molar-refractivity contribution >= 4 is 28.0 Å². The average Bonchev–Trinajstić information content (AvgIpc) is 2.93. The van der Waals surface area contributed by atoms with Gasteiger partial charge in [0.25, 0.3) is 0 Å². The predicted molar refractivity (Wildman–Crippen MR) is 106 cm³/mol. The number of anilines is 1. The summed E-state index contributed by atoms with van der Waals surface area (Å²) in [7, 11) is 1.92. The van der Waals surface area contributed by atoms with Crippen LogP contribution in [0.25, 0.3) is 10.8 Å². The van der Waals surface area contributed by atoms with E-state index in [9.17, 15) is 9.59 Å². The van der Waals surface area contributed by atoms with Crippen LogP contribution >= 0.6 is 0 Å². The van der Waals surface area contributed by atoms with Crippen LogP contribution in [0.1, 0.15) is 46.0 Å². The number of likely N-dealkylation sites (N-methyl/N-ethyl adjacent to an activating group) is 1. The van der Waals surface area contributed by atoms with Crippen molar-refractivity contribution in [2.45, 2.75) is 33.7 Å². The number of hydrogen-bond acceptors (Lipinski definition) is 3. The van der Waals surface area contributed by atoms with E-state index in [4.69, 9.17) is 0 Å². The standard InChI is InChI=1S/C22H24N2O2/c1-13-20(16(4)25)14(2)23-21(13)22(26)15(3)24(5)19-11-10-17-8-6-7-9-18(17)12-19/h6-12,15,23H,1-5H3/t15-/m1/s1. The molecule has 1 heterocycles. The van der Waals surface area contributed by atoms with Crippen LogP contribution < -0.4 is 4.90 Å². The van der Waals surface area contributed by atoms with Crippen LogP contribution in [-0.4, -0.2) is 29.6 Å². The van der Waals surface area contributed by atoms with Gasteiger partial charge in [-0.25, -0.2) is 0 Å². The summed E-state index contributed by atoms with van der Waals surface area (Å²) in [5, 5.41) is 2.31. The molecule has 0 spiro atoms. The Balaban J connectivity index is 1.92. The first-order valence-corrected chi connectivity index (χ1v) is 8.77. The molecule has 1 atom stereocenters. The average molecular weight is 348 g/mol. The van der Waals surface area contributed by atoms with Gasteiger partial charge < -0.3 is 9.88 Å². The SMILES string of the molecule is CC(=O)c1c(C)[nH]c(C(=O)[C@@H](C)N(C)c2ccc3ccccc3c2)c1C. The van der Waals surface area contributed by atoms with Crippen molar-refractivity contribution in [2.75, 3.05) is 11.9 Å². The lowest BCUT2D eigenvalue weighted by Crippen LogP contribution is -2.36. The van der Waals surface area contributed by atoms with Crippen molar-refractivity contribution in [1.29, 1.82) is 0 Å². The molecular weight excluding hydrogens is 324 g/mol. The van der Waals surface area contributed by atoms with E-state index in [0.717, 1.165) is 22.3 Å². The molecule has 0 saturated heterocycles. The van der Waals surface area contributed by atoms with Gasteiger partial charge in [-0.15, -0.1) is 0 Å². The predicted octanol–water partition coefficient (Wildman–Crippen LogP) is 4.69. The van der Waals surface area contributed by atoms with Crippen molar-refractivity contribution < 1.29 is 9.59 Å². The molecule has 1 aromatic heterocycles. The Bertz CT molecular complexity index is 1000. The zero-order valence-corrected chi connectivity index (χ0v) is 15.9. The van der Waals surface area contributed by atoms with Crippen LogP contribution in [0, 0.1) is 13.8 Å². The van der Waals surface area contributed by atoms with Crippen molar-refractivity contribution in [1.82, 2.24) is 4.98 Å². The molecule has 26 heavy (non-hydrogen) atoms. The number of fused-ring (bicyclic) bond motifs is 1. The highest BCUT2D eigenvalue weighted by atomic mass is 16.1. The minimum absolute atomic E-state index is 0.0197. The number of ketones is 2. The largest absolute Gasteiger partial charge is 0.364 e. The number of rotatable bonds is 5. The van der Waals surface area contributed by atoms with Gasteiger partial charge in [0.2, 0.25) is 5.78 Å². The molecule has 0 bridgehead atoms. The Hall–Kier alpha value is -2.88. The molecule has 0 aliphatic rings. The van der Waals surface area contributed by atoms with E-state index in [1.807, 2.05) is 50.9 Å². The summed E-state index contributed by atoms with van der Waals surface area (Å²) in [6.07, 6.45) is 0. The molecule has 134 valence electrons. The van der Waals surface area contributed by atoms with Gasteiger partial charge >= 0.3 is 0 Å². The monoisotopic (exact) mass is 348 g/mol. The fourth-order valence-corrected chi connectivity index (χ4v) is 3.53. The molecule has 3 rings (SSSR count). The fraction of sp³-hybridized carbons (Fsp3) is 0.273. The van der Waals surface area contributed by atoms with E-state index < -0.39 is 0 Å². The minimum Gasteiger partial charge on any atom is -0.364 e. The highest BCUT2D eigenvalue weighted by molar-refractivity contribution is 6.06. The molecule has 1 N–H and O–H groups in total. The Kier molecular flexibility index (Phi) is 4.68. The molecular formula is C22H24N2O2. The maximum Gasteiger partial charge on any atom is 0.201 e. The van der Waals surface area contributed by atoms with Gasteiger partial charge in [-0.3, -0.25) is 9.59 Å². The first kappa shape index (κ1) is 17.9. The number of aromatic amines is 1. The number of carbonyl (C=O) groups excluding carboxylic acids is 2. The maximum absolute atomic E-state index is 13.0. The summed E-state index contributed by atoms with van der Waals surface area (Å²) in [6, 6.07) is 14.0. The number of nitrogens with one attached hydrogen (secondary N) is 1. The summed E-state index contributed by atoms with van der Waals surface area (Å²) in [4.78, 5) is 30.0. The summed E-state index contributed by atoms with van der Waals surface area (Å²) in [5.41, 5.74) is 3.61. The number of carbonyl (C=O) groups is 2. The van der Waals surface area contributed by atoms with E-state index in [0.29, 0.717) is 11.3 Å². The van der Waals surface area contributed by atoms with Gasteiger partial charge in [0.05, 0.1) is 11.7 Å². The van der Waals surface area contributed by atoms with Gasteiger partial charge in [0.15, 0.2) is 5.78 Å². The topological polar surface area (TPSA) is 53.2 Å². The maximum atomic E-state index is 13.0. The smallest absolute Gasteiger partial charge is 0.201 e. The van der Waals surface area contributed by atoms with E-state index in [2.05, 4.69) is 29.2 Å². The van der Waals surface area contributed by atoms with Crippen LogP contribution in [0.3, 0.4) is 0 Å². The third-order valence-electron chi connectivity index (χ3n) is 5.14. The molecule has 0 unspecified atom stereocenters. The Morgan fingerprint density at radius 2 is 1.69 bits per heavy atom. The highest BCUT2D eigenvalue weighted by Gasteiger charge is 2.26. The second-order valence-corrected chi connectivity index (χ2v) is 6.86. The number of Topliss-reactive ketones (excluding diaryl/α,β-unsaturated/α-hetero) is 2. The second kappa shape index (κ2) is 6.79. The zero-order valence-electron chi connectivity index (χ0n) is 15.9. The number of benzene rings is 2. The van der Waals surface area contributed by atoms with Gasteiger partial charge in [0, 0.05) is 24.0 Å². The molecule has 0 radical (unpaired) electrons. The summed E-state index contributed by atoms with van der Waals surface area (Å²) < 4.78 is 0. The molecule has 2 aromatic carbocycles. The molecule has 4 heteroatoms. The second-order valence-electron chi connectivity index (χ2n) is 6.86. The lowest BCUT2D eigenvalue weighted by molar-refractivity contribution is 0.0961. The first-order valence-electron chi connectivity index (χ1n) is 8.77. The lowest BCUT2D eigenvalue weighted by atomic mass is 10.0. The molecule has 0 aliphatic carbocycles. The Morgan fingerprint density at radius 3 is 2.31 bits per heavy atom. The van der Waals surface area contributed by atoms with Crippen LogP contribution in [0.4, 0.5) is 5.69 Å². The number of nitrogens with zero attached hydrogens (tertiary/aromatic N) is 1. The highest BCUT2D eigenvalue weighted by Crippen LogP contribution is 2.25. The van der Waals surface area contributed by atoms with E-state index in [1.165, 1.54) is 12.3 Å². The van der Waals surface area contributed by atoms with E-state index >= 15 is 0 Å². The van der Waals surface area contributed by atoms with Gasteiger partial charge in [-0.1, -0.05) is 30.3 Å². The summed E-state index contributed by atoms with van der Waals surface area (Å²) in [6.45, 7) is 7.08. The molecule has 0 fully saturated rings. The van der Waals surface area contributed by atoms with Gasteiger partial charge in [-0.2, -0.15) is 0 Å². The normalized spacial score (nSPS) is 12.2. The minimum atomic E-state index is -0.354. The van der Waals surface area contributed by atoms with Crippen LogP contribution in [0.5, 0.6) is 0 Å². The van der Waals surface area contributed by atoms with Crippen molar-refractivity contribution in [3.8, 4) is 0 Å². The molecule has 3 aromatic rings. The van der Waals surface area contributed by atoms with Gasteiger partial charge in [0.1, 0.15) is 0 Å². The number of H-pyrrole nitrogens is 1. The molecule has 0 amide bonds. The van der Waals surface area contributed by atoms with Crippen molar-refractivity contribution in [3.05, 3.63) is 65.0 Å². The zero-order chi connectivity index (χ0) is 19.0. The van der Waals surface area contributed by atoms with E-state index in [-0.39, 0.29) is 17.6 Å². The van der Waals surface area contributed by atoms with Crippen LogP contribution in [0.2, 0.25) is 0 Å². The van der Waals surface area contributed by atoms with Crippen molar-refractivity contribution in [2.24, 2.45) is 0 Å². The third-order valence-corrected chi connectivity index (χ3v) is 5.14. The quantitative estimate of drug-likeness (QED) is 0.680. The van der Waals surface area contributed by atoms with Crippen LogP contribution in [-0.2, 0) is 0 Å². The Labute approximate surface area is 153 Å². The molecule has 0 aliphatic heterocycles. The van der Waals surface area contributed by atoms with Crippen LogP contribution in [0.15, 0.2) is 42.5 Å². The third kappa shape index (κ3) is 3.03.